The largest absolute Gasteiger partial charge is 0.508 e. The Hall–Kier alpha value is -2.68. The summed E-state index contributed by atoms with van der Waals surface area (Å²) in [5.74, 6) is -3.64. The number of aliphatic hydroxyl groups excluding tert-OH is 2. The number of carbonyl (C=O) groups excluding carboxylic acids is 3. The van der Waals surface area contributed by atoms with Gasteiger partial charge in [-0.05, 0) is 61.4 Å². The van der Waals surface area contributed by atoms with Crippen LogP contribution >= 0.6 is 11.6 Å². The molecule has 1 aromatic rings. The lowest BCUT2D eigenvalue weighted by atomic mass is 9.67. The van der Waals surface area contributed by atoms with E-state index in [4.69, 9.17) is 11.6 Å². The lowest BCUT2D eigenvalue weighted by Gasteiger charge is -2.36. The molecule has 0 aromatic heterocycles. The molecule has 1 heterocycles. The van der Waals surface area contributed by atoms with Gasteiger partial charge in [0.25, 0.3) is 0 Å². The fourth-order valence-corrected chi connectivity index (χ4v) is 5.68. The number of fused-ring (bicyclic) bond motifs is 1. The molecule has 3 rings (SSSR count). The molecule has 0 saturated carbocycles. The van der Waals surface area contributed by atoms with Crippen molar-refractivity contribution in [2.75, 3.05) is 13.7 Å². The molecule has 196 valence electrons. The number of carbonyl (C=O) groups is 3. The van der Waals surface area contributed by atoms with Crippen LogP contribution in [0.5, 0.6) is 5.75 Å². The van der Waals surface area contributed by atoms with Crippen LogP contribution in [0.25, 0.3) is 6.08 Å². The van der Waals surface area contributed by atoms with E-state index < -0.39 is 48.4 Å². The van der Waals surface area contributed by atoms with Crippen molar-refractivity contribution in [1.29, 1.82) is 0 Å². The van der Waals surface area contributed by atoms with E-state index in [1.54, 1.807) is 12.1 Å². The van der Waals surface area contributed by atoms with Gasteiger partial charge in [-0.15, -0.1) is 0 Å². The van der Waals surface area contributed by atoms with Crippen LogP contribution < -0.4 is 0 Å². The summed E-state index contributed by atoms with van der Waals surface area (Å²) in [7, 11) is 1.11. The third-order valence-electron chi connectivity index (χ3n) is 7.19. The van der Waals surface area contributed by atoms with Crippen molar-refractivity contribution in [1.82, 2.24) is 4.90 Å². The minimum Gasteiger partial charge on any atom is -0.508 e. The molecule has 1 aliphatic carbocycles. The summed E-state index contributed by atoms with van der Waals surface area (Å²) < 4.78 is 4.63. The number of phenolic OH excluding ortho intramolecular Hbond substituents is 1. The Morgan fingerprint density at radius 1 is 1.28 bits per heavy atom. The van der Waals surface area contributed by atoms with Gasteiger partial charge in [0.15, 0.2) is 0 Å². The average Bonchev–Trinajstić information content (AvgIpc) is 3.11. The van der Waals surface area contributed by atoms with Crippen molar-refractivity contribution in [2.45, 2.75) is 58.5 Å². The van der Waals surface area contributed by atoms with Crippen LogP contribution in [0.2, 0.25) is 5.02 Å². The molecule has 0 spiro atoms. The Balaban J connectivity index is 1.88. The molecular formula is C27H34ClNO7. The number of methoxy groups -OCH3 is 1. The molecule has 3 amide bonds. The highest BCUT2D eigenvalue weighted by Crippen LogP contribution is 2.47. The molecular weight excluding hydrogens is 486 g/mol. The zero-order chi connectivity index (χ0) is 26.6. The number of nitrogens with zero attached hydrogens (tertiary/aromatic N) is 1. The number of ether oxygens (including phenoxy) is 1. The van der Waals surface area contributed by atoms with Gasteiger partial charge in [0, 0.05) is 5.92 Å². The Morgan fingerprint density at radius 3 is 2.58 bits per heavy atom. The minimum absolute atomic E-state index is 0.0809. The standard InChI is InChI=1S/C27H34ClNO7/c1-4-6-17-12-19-24(26(34)29(25(19)33)27(35)36-3)20(14-30)23(17)22(32)10-7-15(5-2)11-16-8-9-18(31)13-21(16)28/h8-9,11,13,19-20,22,24,30-32H,4-7,10,12,14H2,1-3H3/b15-11+/t19-,20+,22-,24-/m1/s1. The summed E-state index contributed by atoms with van der Waals surface area (Å²) >= 11 is 6.24. The van der Waals surface area contributed by atoms with Gasteiger partial charge < -0.3 is 20.1 Å². The lowest BCUT2D eigenvalue weighted by molar-refractivity contribution is -0.137. The SMILES string of the molecule is CCCC1=C([C@H](O)CC/C(=C/c2ccc(O)cc2Cl)CC)[C@H](CO)[C@@H]2C(=O)N(C(=O)OC)C(=O)[C@@H]2C1. The number of imide groups is 3. The maximum absolute atomic E-state index is 13.1. The van der Waals surface area contributed by atoms with E-state index in [-0.39, 0.29) is 12.2 Å². The molecule has 1 aliphatic heterocycles. The van der Waals surface area contributed by atoms with E-state index in [0.29, 0.717) is 34.8 Å². The number of allylic oxidation sites excluding steroid dienone is 2. The summed E-state index contributed by atoms with van der Waals surface area (Å²) in [5, 5.41) is 31.6. The van der Waals surface area contributed by atoms with Crippen LogP contribution in [-0.4, -0.2) is 57.9 Å². The predicted molar refractivity (Wildman–Crippen MR) is 135 cm³/mol. The Labute approximate surface area is 216 Å². The highest BCUT2D eigenvalue weighted by atomic mass is 35.5. The summed E-state index contributed by atoms with van der Waals surface area (Å²) in [6.45, 7) is 3.56. The number of likely N-dealkylation sites (tertiary alicyclic amines) is 1. The summed E-state index contributed by atoms with van der Waals surface area (Å²) in [5.41, 5.74) is 3.27. The quantitative estimate of drug-likeness (QED) is 0.325. The fourth-order valence-electron chi connectivity index (χ4n) is 5.45. The van der Waals surface area contributed by atoms with Gasteiger partial charge in [0.1, 0.15) is 5.75 Å². The number of halogens is 1. The van der Waals surface area contributed by atoms with Crippen molar-refractivity contribution >= 4 is 35.6 Å². The topological polar surface area (TPSA) is 124 Å². The smallest absolute Gasteiger partial charge is 0.423 e. The zero-order valence-corrected chi connectivity index (χ0v) is 21.6. The highest BCUT2D eigenvalue weighted by molar-refractivity contribution is 6.32. The monoisotopic (exact) mass is 519 g/mol. The van der Waals surface area contributed by atoms with Crippen molar-refractivity contribution in [3.8, 4) is 5.75 Å². The Morgan fingerprint density at radius 2 is 2.00 bits per heavy atom. The van der Waals surface area contributed by atoms with Crippen molar-refractivity contribution < 1.29 is 34.4 Å². The lowest BCUT2D eigenvalue weighted by Crippen LogP contribution is -2.40. The second-order valence-electron chi connectivity index (χ2n) is 9.33. The molecule has 36 heavy (non-hydrogen) atoms. The third kappa shape index (κ3) is 5.51. The molecule has 0 unspecified atom stereocenters. The number of amides is 3. The molecule has 9 heteroatoms. The first kappa shape index (κ1) is 27.9. The van der Waals surface area contributed by atoms with E-state index in [1.807, 2.05) is 19.9 Å². The van der Waals surface area contributed by atoms with E-state index >= 15 is 0 Å². The second kappa shape index (κ2) is 12.0. The van der Waals surface area contributed by atoms with Gasteiger partial charge in [0.2, 0.25) is 11.8 Å². The molecule has 1 saturated heterocycles. The van der Waals surface area contributed by atoms with Crippen LogP contribution in [0.3, 0.4) is 0 Å². The number of rotatable bonds is 9. The fraction of sp³-hybridized carbons (Fsp3) is 0.519. The molecule has 3 N–H and O–H groups in total. The first-order valence-electron chi connectivity index (χ1n) is 12.3. The highest BCUT2D eigenvalue weighted by Gasteiger charge is 2.57. The molecule has 4 atom stereocenters. The van der Waals surface area contributed by atoms with Crippen LogP contribution in [0.15, 0.2) is 34.9 Å². The first-order valence-corrected chi connectivity index (χ1v) is 12.7. The van der Waals surface area contributed by atoms with Crippen LogP contribution in [-0.2, 0) is 14.3 Å². The van der Waals surface area contributed by atoms with Gasteiger partial charge in [-0.3, -0.25) is 9.59 Å². The van der Waals surface area contributed by atoms with Gasteiger partial charge in [-0.25, -0.2) is 4.79 Å². The van der Waals surface area contributed by atoms with E-state index in [2.05, 4.69) is 4.74 Å². The maximum atomic E-state index is 13.1. The van der Waals surface area contributed by atoms with E-state index in [1.165, 1.54) is 6.07 Å². The number of phenols is 1. The van der Waals surface area contributed by atoms with Gasteiger partial charge >= 0.3 is 6.09 Å². The number of hydrogen-bond acceptors (Lipinski definition) is 7. The number of aromatic hydroxyl groups is 1. The van der Waals surface area contributed by atoms with E-state index in [9.17, 15) is 29.7 Å². The van der Waals surface area contributed by atoms with Gasteiger partial charge in [-0.2, -0.15) is 4.90 Å². The molecule has 1 aromatic carbocycles. The molecule has 0 bridgehead atoms. The van der Waals surface area contributed by atoms with Crippen LogP contribution in [0.1, 0.15) is 57.9 Å². The van der Waals surface area contributed by atoms with E-state index in [0.717, 1.165) is 36.7 Å². The van der Waals surface area contributed by atoms with Crippen molar-refractivity contribution in [3.05, 3.63) is 45.5 Å². The number of benzene rings is 1. The van der Waals surface area contributed by atoms with Crippen molar-refractivity contribution in [2.24, 2.45) is 17.8 Å². The van der Waals surface area contributed by atoms with Crippen molar-refractivity contribution in [3.63, 3.8) is 0 Å². The Bertz CT molecular complexity index is 1080. The second-order valence-corrected chi connectivity index (χ2v) is 9.74. The molecule has 0 radical (unpaired) electrons. The first-order chi connectivity index (χ1) is 17.2. The predicted octanol–water partition coefficient (Wildman–Crippen LogP) is 4.46. The number of hydrogen-bond donors (Lipinski definition) is 3. The Kier molecular flexibility index (Phi) is 9.33. The molecule has 8 nitrogen and oxygen atoms in total. The van der Waals surface area contributed by atoms with Gasteiger partial charge in [-0.1, -0.05) is 49.1 Å². The molecule has 1 fully saturated rings. The third-order valence-corrected chi connectivity index (χ3v) is 7.51. The zero-order valence-electron chi connectivity index (χ0n) is 20.9. The van der Waals surface area contributed by atoms with Crippen LogP contribution in [0.4, 0.5) is 4.79 Å². The maximum Gasteiger partial charge on any atom is 0.423 e. The van der Waals surface area contributed by atoms with Crippen LogP contribution in [0, 0.1) is 17.8 Å². The summed E-state index contributed by atoms with van der Waals surface area (Å²) in [4.78, 5) is 38.6. The summed E-state index contributed by atoms with van der Waals surface area (Å²) in [6, 6.07) is 4.76. The number of aliphatic hydroxyl groups is 2. The molecule has 2 aliphatic rings. The van der Waals surface area contributed by atoms with Gasteiger partial charge in [0.05, 0.1) is 36.7 Å². The minimum atomic E-state index is -1.03. The summed E-state index contributed by atoms with van der Waals surface area (Å²) in [6.07, 6.45) is 3.25. The average molecular weight is 520 g/mol. The normalized spacial score (nSPS) is 23.2.